The van der Waals surface area contributed by atoms with E-state index in [2.05, 4.69) is 4.98 Å². The van der Waals surface area contributed by atoms with Crippen molar-refractivity contribution in [2.24, 2.45) is 0 Å². The summed E-state index contributed by atoms with van der Waals surface area (Å²) in [7, 11) is 0. The number of nitrogens with zero attached hydrogens (tertiary/aromatic N) is 3. The Kier molecular flexibility index (Phi) is 2.67. The normalized spacial score (nSPS) is 14.1. The molecule has 1 aromatic heterocycles. The van der Waals surface area contributed by atoms with Crippen LogP contribution >= 0.6 is 0 Å². The Morgan fingerprint density at radius 3 is 2.69 bits per heavy atom. The van der Waals surface area contributed by atoms with Gasteiger partial charge in [0.25, 0.3) is 5.69 Å². The lowest BCUT2D eigenvalue weighted by Gasteiger charge is -2.29. The highest BCUT2D eigenvalue weighted by atomic mass is 16.6. The summed E-state index contributed by atoms with van der Waals surface area (Å²) < 4.78 is 4.91. The number of ether oxygens (including phenoxy) is 1. The number of amides is 1. The van der Waals surface area contributed by atoms with Gasteiger partial charge in [-0.2, -0.15) is 0 Å². The molecule has 2 rings (SSSR count). The lowest BCUT2D eigenvalue weighted by molar-refractivity contribution is -0.385. The molecule has 84 valence electrons. The van der Waals surface area contributed by atoms with Gasteiger partial charge in [0, 0.05) is 25.2 Å². The zero-order chi connectivity index (χ0) is 11.5. The highest BCUT2D eigenvalue weighted by molar-refractivity contribution is 5.70. The number of hydrogen-bond donors (Lipinski definition) is 0. The second-order valence-corrected chi connectivity index (χ2v) is 3.32. The van der Waals surface area contributed by atoms with Gasteiger partial charge < -0.3 is 9.64 Å². The summed E-state index contributed by atoms with van der Waals surface area (Å²) in [4.78, 5) is 26.3. The Morgan fingerprint density at radius 1 is 1.50 bits per heavy atom. The molecule has 0 N–H and O–H groups in total. The fourth-order valence-electron chi connectivity index (χ4n) is 1.19. The first-order valence-corrected chi connectivity index (χ1v) is 4.74. The predicted octanol–water partition coefficient (Wildman–Crippen LogP) is 1.19. The van der Waals surface area contributed by atoms with Gasteiger partial charge in [0.1, 0.15) is 6.20 Å². The molecule has 1 amide bonds. The van der Waals surface area contributed by atoms with E-state index >= 15 is 0 Å². The molecule has 1 aromatic rings. The third-order valence-corrected chi connectivity index (χ3v) is 2.24. The first-order chi connectivity index (χ1) is 7.66. The average molecular weight is 223 g/mol. The fourth-order valence-corrected chi connectivity index (χ4v) is 1.19. The Balaban J connectivity index is 1.99. The van der Waals surface area contributed by atoms with Gasteiger partial charge in [-0.1, -0.05) is 0 Å². The van der Waals surface area contributed by atoms with Crippen LogP contribution in [-0.2, 0) is 0 Å². The van der Waals surface area contributed by atoms with Gasteiger partial charge in [0.05, 0.1) is 4.92 Å². The zero-order valence-corrected chi connectivity index (χ0v) is 8.33. The van der Waals surface area contributed by atoms with Crippen LogP contribution in [-0.4, -0.2) is 34.0 Å². The average Bonchev–Trinajstić information content (AvgIpc) is 2.15. The molecular weight excluding hydrogens is 214 g/mol. The molecule has 1 fully saturated rings. The molecule has 7 heteroatoms. The molecule has 1 saturated heterocycles. The zero-order valence-electron chi connectivity index (χ0n) is 8.33. The van der Waals surface area contributed by atoms with Crippen LogP contribution in [0.15, 0.2) is 18.3 Å². The van der Waals surface area contributed by atoms with Crippen LogP contribution in [0.1, 0.15) is 6.42 Å². The lowest BCUT2D eigenvalue weighted by atomic mass is 10.2. The van der Waals surface area contributed by atoms with Crippen LogP contribution in [0, 0.1) is 10.1 Å². The van der Waals surface area contributed by atoms with E-state index in [1.807, 2.05) is 0 Å². The number of carbonyl (C=O) groups excluding carboxylic acids is 1. The van der Waals surface area contributed by atoms with E-state index in [0.717, 1.165) is 12.6 Å². The molecule has 1 aliphatic heterocycles. The second-order valence-electron chi connectivity index (χ2n) is 3.32. The Morgan fingerprint density at radius 2 is 2.25 bits per heavy atom. The summed E-state index contributed by atoms with van der Waals surface area (Å²) in [5, 5.41) is 10.3. The van der Waals surface area contributed by atoms with E-state index in [9.17, 15) is 14.9 Å². The number of likely N-dealkylation sites (tertiary alicyclic amines) is 1. The van der Waals surface area contributed by atoms with Crippen molar-refractivity contribution in [2.75, 3.05) is 13.1 Å². The Labute approximate surface area is 90.8 Å². The van der Waals surface area contributed by atoms with Crippen molar-refractivity contribution in [3.63, 3.8) is 0 Å². The molecule has 0 spiro atoms. The number of nitro groups is 1. The van der Waals surface area contributed by atoms with Crippen molar-refractivity contribution >= 4 is 11.8 Å². The van der Waals surface area contributed by atoms with Crippen molar-refractivity contribution in [1.82, 2.24) is 9.88 Å². The summed E-state index contributed by atoms with van der Waals surface area (Å²) in [5.41, 5.74) is -0.135. The van der Waals surface area contributed by atoms with E-state index < -0.39 is 11.0 Å². The predicted molar refractivity (Wildman–Crippen MR) is 53.1 cm³/mol. The molecule has 1 aliphatic rings. The van der Waals surface area contributed by atoms with E-state index in [0.29, 0.717) is 13.1 Å². The molecular formula is C9H9N3O4. The van der Waals surface area contributed by atoms with E-state index in [-0.39, 0.29) is 11.6 Å². The molecule has 0 saturated carbocycles. The highest BCUT2D eigenvalue weighted by Crippen LogP contribution is 2.15. The maximum absolute atomic E-state index is 11.3. The van der Waals surface area contributed by atoms with Crippen LogP contribution in [0.25, 0.3) is 0 Å². The molecule has 0 bridgehead atoms. The van der Waals surface area contributed by atoms with E-state index in [1.165, 1.54) is 17.0 Å². The summed E-state index contributed by atoms with van der Waals surface area (Å²) >= 11 is 0. The van der Waals surface area contributed by atoms with Gasteiger partial charge in [-0.15, -0.1) is 0 Å². The van der Waals surface area contributed by atoms with Crippen molar-refractivity contribution in [3.05, 3.63) is 28.4 Å². The summed E-state index contributed by atoms with van der Waals surface area (Å²) in [5.74, 6) is 0.0718. The van der Waals surface area contributed by atoms with Crippen molar-refractivity contribution in [2.45, 2.75) is 6.42 Å². The molecule has 2 heterocycles. The minimum atomic E-state index is -0.561. The topological polar surface area (TPSA) is 85.6 Å². The first kappa shape index (κ1) is 10.3. The summed E-state index contributed by atoms with van der Waals surface area (Å²) in [6, 6.07) is 2.54. The fraction of sp³-hybridized carbons (Fsp3) is 0.333. The van der Waals surface area contributed by atoms with Crippen molar-refractivity contribution in [3.8, 4) is 5.88 Å². The molecule has 0 aromatic carbocycles. The van der Waals surface area contributed by atoms with Gasteiger partial charge in [0.15, 0.2) is 0 Å². The largest absolute Gasteiger partial charge is 0.416 e. The van der Waals surface area contributed by atoms with Gasteiger partial charge in [-0.3, -0.25) is 10.1 Å². The molecule has 0 aliphatic carbocycles. The number of pyridine rings is 1. The van der Waals surface area contributed by atoms with Gasteiger partial charge in [-0.25, -0.2) is 9.78 Å². The van der Waals surface area contributed by atoms with Crippen LogP contribution in [0.2, 0.25) is 0 Å². The minimum Gasteiger partial charge on any atom is -0.391 e. The highest BCUT2D eigenvalue weighted by Gasteiger charge is 2.22. The molecule has 0 unspecified atom stereocenters. The summed E-state index contributed by atoms with van der Waals surface area (Å²) in [6.07, 6.45) is 1.56. The number of carbonyl (C=O) groups is 1. The maximum atomic E-state index is 11.3. The lowest BCUT2D eigenvalue weighted by Crippen LogP contribution is -2.43. The van der Waals surface area contributed by atoms with Crippen LogP contribution in [0.4, 0.5) is 10.5 Å². The Hall–Kier alpha value is -2.18. The van der Waals surface area contributed by atoms with Gasteiger partial charge >= 0.3 is 6.09 Å². The standard InChI is InChI=1S/C9H9N3O4/c13-9(11-4-1-5-11)16-8-3-2-7(6-10-8)12(14)15/h2-3,6H,1,4-5H2. The third kappa shape index (κ3) is 2.08. The van der Waals surface area contributed by atoms with Gasteiger partial charge in [-0.05, 0) is 6.42 Å². The Bertz CT molecular complexity index is 413. The quantitative estimate of drug-likeness (QED) is 0.555. The van der Waals surface area contributed by atoms with Gasteiger partial charge in [0.2, 0.25) is 5.88 Å². The van der Waals surface area contributed by atoms with E-state index in [4.69, 9.17) is 4.74 Å². The molecule has 16 heavy (non-hydrogen) atoms. The van der Waals surface area contributed by atoms with Crippen LogP contribution in [0.5, 0.6) is 5.88 Å². The van der Waals surface area contributed by atoms with Crippen molar-refractivity contribution in [1.29, 1.82) is 0 Å². The first-order valence-electron chi connectivity index (χ1n) is 4.74. The summed E-state index contributed by atoms with van der Waals surface area (Å²) in [6.45, 7) is 1.37. The minimum absolute atomic E-state index is 0.0718. The smallest absolute Gasteiger partial charge is 0.391 e. The third-order valence-electron chi connectivity index (χ3n) is 2.24. The van der Waals surface area contributed by atoms with E-state index in [1.54, 1.807) is 0 Å². The maximum Gasteiger partial charge on any atom is 0.416 e. The monoisotopic (exact) mass is 223 g/mol. The van der Waals surface area contributed by atoms with Crippen LogP contribution in [0.3, 0.4) is 0 Å². The molecule has 7 nitrogen and oxygen atoms in total. The second kappa shape index (κ2) is 4.13. The SMILES string of the molecule is O=C(Oc1ccc([N+](=O)[O-])cn1)N1CCC1. The number of aromatic nitrogens is 1. The number of hydrogen-bond acceptors (Lipinski definition) is 5. The van der Waals surface area contributed by atoms with Crippen molar-refractivity contribution < 1.29 is 14.5 Å². The molecule has 0 radical (unpaired) electrons. The molecule has 0 atom stereocenters. The van der Waals surface area contributed by atoms with Crippen LogP contribution < -0.4 is 4.74 Å². The number of rotatable bonds is 2.